The molecule has 6 heteroatoms. The minimum Gasteiger partial charge on any atom is -0.481 e. The van der Waals surface area contributed by atoms with Crippen LogP contribution in [0.3, 0.4) is 0 Å². The molecule has 0 fully saturated rings. The molecule has 70 valence electrons. The summed E-state index contributed by atoms with van der Waals surface area (Å²) in [7, 11) is 0. The first-order chi connectivity index (χ1) is 6.18. The zero-order valence-corrected chi connectivity index (χ0v) is 7.50. The molecule has 0 unspecified atom stereocenters. The lowest BCUT2D eigenvalue weighted by molar-refractivity contribution is -0.140. The van der Waals surface area contributed by atoms with Crippen LogP contribution in [0.4, 0.5) is 0 Å². The largest absolute Gasteiger partial charge is 0.481 e. The van der Waals surface area contributed by atoms with E-state index in [1.54, 1.807) is 11.6 Å². The maximum Gasteiger partial charge on any atom is 0.312 e. The molecule has 0 bridgehead atoms. The van der Waals surface area contributed by atoms with Crippen molar-refractivity contribution in [3.63, 3.8) is 0 Å². The molecule has 0 saturated heterocycles. The number of hydrogen-bond acceptors (Lipinski definition) is 4. The fraction of sp³-hybridized carbons (Fsp3) is 0.286. The van der Waals surface area contributed by atoms with Gasteiger partial charge in [0, 0.05) is 11.6 Å². The van der Waals surface area contributed by atoms with E-state index in [1.165, 1.54) is 11.3 Å². The summed E-state index contributed by atoms with van der Waals surface area (Å²) in [5.41, 5.74) is 0. The monoisotopic (exact) mass is 200 g/mol. The smallest absolute Gasteiger partial charge is 0.312 e. The van der Waals surface area contributed by atoms with E-state index in [0.717, 1.165) is 5.01 Å². The molecule has 1 aromatic heterocycles. The highest BCUT2D eigenvalue weighted by Crippen LogP contribution is 2.02. The molecule has 1 rings (SSSR count). The Balaban J connectivity index is 2.27. The third-order valence-electron chi connectivity index (χ3n) is 1.23. The Hall–Kier alpha value is -1.43. The van der Waals surface area contributed by atoms with Gasteiger partial charge in [0.25, 0.3) is 0 Å². The van der Waals surface area contributed by atoms with Crippen molar-refractivity contribution in [3.8, 4) is 0 Å². The van der Waals surface area contributed by atoms with E-state index in [-0.39, 0.29) is 0 Å². The molecule has 0 aliphatic rings. The molecule has 0 aliphatic heterocycles. The van der Waals surface area contributed by atoms with Gasteiger partial charge < -0.3 is 10.4 Å². The third kappa shape index (κ3) is 3.66. The maximum absolute atomic E-state index is 10.8. The van der Waals surface area contributed by atoms with E-state index in [4.69, 9.17) is 5.11 Å². The predicted octanol–water partition coefficient (Wildman–Crippen LogP) is 0.234. The number of carbonyl (C=O) groups is 2. The number of carboxylic acid groups (broad SMARTS) is 1. The molecule has 0 aliphatic carbocycles. The van der Waals surface area contributed by atoms with Crippen LogP contribution in [-0.4, -0.2) is 22.0 Å². The van der Waals surface area contributed by atoms with Gasteiger partial charge in [0.15, 0.2) is 0 Å². The zero-order chi connectivity index (χ0) is 9.68. The minimum absolute atomic E-state index is 0.295. The summed E-state index contributed by atoms with van der Waals surface area (Å²) >= 11 is 1.41. The summed E-state index contributed by atoms with van der Waals surface area (Å²) in [4.78, 5) is 24.9. The van der Waals surface area contributed by atoms with Crippen LogP contribution in [0, 0.1) is 0 Å². The van der Waals surface area contributed by atoms with E-state index in [0.29, 0.717) is 6.54 Å². The second-order valence-electron chi connectivity index (χ2n) is 2.27. The predicted molar refractivity (Wildman–Crippen MR) is 46.2 cm³/mol. The number of nitrogens with one attached hydrogen (secondary N) is 1. The lowest BCUT2D eigenvalue weighted by Crippen LogP contribution is -2.24. The van der Waals surface area contributed by atoms with E-state index in [9.17, 15) is 9.59 Å². The van der Waals surface area contributed by atoms with Gasteiger partial charge in [-0.3, -0.25) is 9.59 Å². The van der Waals surface area contributed by atoms with Crippen molar-refractivity contribution < 1.29 is 14.7 Å². The van der Waals surface area contributed by atoms with Crippen LogP contribution < -0.4 is 5.32 Å². The average Bonchev–Trinajstić information content (AvgIpc) is 2.51. The summed E-state index contributed by atoms with van der Waals surface area (Å²) in [6.07, 6.45) is 1.13. The van der Waals surface area contributed by atoms with Crippen molar-refractivity contribution in [2.24, 2.45) is 0 Å². The van der Waals surface area contributed by atoms with Crippen LogP contribution in [0.5, 0.6) is 0 Å². The minimum atomic E-state index is -1.13. The van der Waals surface area contributed by atoms with E-state index >= 15 is 0 Å². The summed E-state index contributed by atoms with van der Waals surface area (Å²) in [6, 6.07) is 0. The number of hydrogen-bond donors (Lipinski definition) is 2. The van der Waals surface area contributed by atoms with Gasteiger partial charge in [-0.05, 0) is 0 Å². The molecular formula is C7H8N2O3S. The van der Waals surface area contributed by atoms with Crippen molar-refractivity contribution in [1.82, 2.24) is 10.3 Å². The first-order valence-corrected chi connectivity index (χ1v) is 4.43. The van der Waals surface area contributed by atoms with Gasteiger partial charge in [-0.25, -0.2) is 4.98 Å². The number of amides is 1. The lowest BCUT2D eigenvalue weighted by Gasteiger charge is -1.98. The van der Waals surface area contributed by atoms with Crippen molar-refractivity contribution >= 4 is 23.2 Å². The molecule has 0 aromatic carbocycles. The number of rotatable bonds is 4. The molecule has 1 heterocycles. The topological polar surface area (TPSA) is 79.3 Å². The van der Waals surface area contributed by atoms with Crippen LogP contribution in [0.25, 0.3) is 0 Å². The average molecular weight is 200 g/mol. The SMILES string of the molecule is O=C(O)CC(=O)NCc1nccs1. The molecule has 5 nitrogen and oxygen atoms in total. The number of thiazole rings is 1. The molecule has 0 saturated carbocycles. The Morgan fingerprint density at radius 1 is 1.62 bits per heavy atom. The second kappa shape index (κ2) is 4.56. The third-order valence-corrected chi connectivity index (χ3v) is 2.01. The van der Waals surface area contributed by atoms with Gasteiger partial charge in [0.2, 0.25) is 5.91 Å². The summed E-state index contributed by atoms with van der Waals surface area (Å²) < 4.78 is 0. The van der Waals surface area contributed by atoms with Crippen LogP contribution in [0.15, 0.2) is 11.6 Å². The first-order valence-electron chi connectivity index (χ1n) is 3.55. The molecule has 2 N–H and O–H groups in total. The van der Waals surface area contributed by atoms with Crippen molar-refractivity contribution in [1.29, 1.82) is 0 Å². The van der Waals surface area contributed by atoms with Crippen molar-refractivity contribution in [3.05, 3.63) is 16.6 Å². The Labute approximate surface area is 78.4 Å². The van der Waals surface area contributed by atoms with Crippen LogP contribution in [0.2, 0.25) is 0 Å². The molecular weight excluding hydrogens is 192 g/mol. The van der Waals surface area contributed by atoms with Crippen molar-refractivity contribution in [2.45, 2.75) is 13.0 Å². The number of aliphatic carboxylic acids is 1. The fourth-order valence-electron chi connectivity index (χ4n) is 0.714. The molecule has 13 heavy (non-hydrogen) atoms. The van der Waals surface area contributed by atoms with Crippen LogP contribution >= 0.6 is 11.3 Å². The highest BCUT2D eigenvalue weighted by atomic mass is 32.1. The second-order valence-corrected chi connectivity index (χ2v) is 3.25. The molecule has 1 amide bonds. The molecule has 0 atom stereocenters. The lowest BCUT2D eigenvalue weighted by atomic mass is 10.4. The fourth-order valence-corrected chi connectivity index (χ4v) is 1.27. The zero-order valence-electron chi connectivity index (χ0n) is 6.69. The highest BCUT2D eigenvalue weighted by Gasteiger charge is 2.06. The van der Waals surface area contributed by atoms with Gasteiger partial charge in [0.1, 0.15) is 11.4 Å². The number of carbonyl (C=O) groups excluding carboxylic acids is 1. The molecule has 0 radical (unpaired) electrons. The number of carboxylic acids is 1. The van der Waals surface area contributed by atoms with Gasteiger partial charge in [-0.15, -0.1) is 11.3 Å². The van der Waals surface area contributed by atoms with Gasteiger partial charge in [-0.1, -0.05) is 0 Å². The molecule has 1 aromatic rings. The Morgan fingerprint density at radius 3 is 2.92 bits per heavy atom. The van der Waals surface area contributed by atoms with Gasteiger partial charge >= 0.3 is 5.97 Å². The van der Waals surface area contributed by atoms with Crippen LogP contribution in [-0.2, 0) is 16.1 Å². The number of nitrogens with zero attached hydrogens (tertiary/aromatic N) is 1. The highest BCUT2D eigenvalue weighted by molar-refractivity contribution is 7.09. The normalized spacial score (nSPS) is 9.54. The van der Waals surface area contributed by atoms with Gasteiger partial charge in [0.05, 0.1) is 6.54 Å². The number of aromatic nitrogens is 1. The van der Waals surface area contributed by atoms with Crippen LogP contribution in [0.1, 0.15) is 11.4 Å². The summed E-state index contributed by atoms with van der Waals surface area (Å²) in [5.74, 6) is -1.63. The maximum atomic E-state index is 10.8. The quantitative estimate of drug-likeness (QED) is 0.682. The standard InChI is InChI=1S/C7H8N2O3S/c10-5(3-7(11)12)9-4-6-8-1-2-13-6/h1-2H,3-4H2,(H,9,10)(H,11,12). The summed E-state index contributed by atoms with van der Waals surface area (Å²) in [6.45, 7) is 0.295. The Kier molecular flexibility index (Phi) is 3.39. The summed E-state index contributed by atoms with van der Waals surface area (Å²) in [5, 5.41) is 13.3. The van der Waals surface area contributed by atoms with Gasteiger partial charge in [-0.2, -0.15) is 0 Å². The van der Waals surface area contributed by atoms with Crippen molar-refractivity contribution in [2.75, 3.05) is 0 Å². The Bertz CT molecular complexity index is 297. The first kappa shape index (κ1) is 9.66. The van der Waals surface area contributed by atoms with E-state index in [1.807, 2.05) is 0 Å². The Morgan fingerprint density at radius 2 is 2.38 bits per heavy atom. The van der Waals surface area contributed by atoms with E-state index < -0.39 is 18.3 Å². The molecule has 0 spiro atoms. The van der Waals surface area contributed by atoms with E-state index in [2.05, 4.69) is 10.3 Å².